The molecule has 1 N–H and O–H groups in total. The van der Waals surface area contributed by atoms with Gasteiger partial charge < -0.3 is 19.7 Å². The van der Waals surface area contributed by atoms with Crippen molar-refractivity contribution in [1.29, 1.82) is 0 Å². The van der Waals surface area contributed by atoms with Gasteiger partial charge in [-0.3, -0.25) is 4.79 Å². The summed E-state index contributed by atoms with van der Waals surface area (Å²) in [4.78, 5) is 27.1. The number of anilines is 1. The van der Waals surface area contributed by atoms with Crippen LogP contribution in [-0.4, -0.2) is 30.3 Å². The number of amides is 2. The molecule has 6 heteroatoms. The lowest BCUT2D eigenvalue weighted by Gasteiger charge is -2.26. The van der Waals surface area contributed by atoms with Crippen molar-refractivity contribution in [2.45, 2.75) is 45.9 Å². The number of carbonyl (C=O) groups excluding carboxylic acids is 2. The number of para-hydroxylation sites is 2. The number of carbonyl (C=O) groups is 2. The van der Waals surface area contributed by atoms with Crippen LogP contribution in [-0.2, 0) is 16.1 Å². The molecule has 0 saturated heterocycles. The fourth-order valence-electron chi connectivity index (χ4n) is 2.95. The van der Waals surface area contributed by atoms with Crippen LogP contribution in [0.1, 0.15) is 31.9 Å². The van der Waals surface area contributed by atoms with Gasteiger partial charge in [-0.2, -0.15) is 0 Å². The van der Waals surface area contributed by atoms with E-state index >= 15 is 0 Å². The van der Waals surface area contributed by atoms with Crippen LogP contribution in [0.5, 0.6) is 5.75 Å². The second-order valence-corrected chi connectivity index (χ2v) is 7.89. The summed E-state index contributed by atoms with van der Waals surface area (Å²) in [5, 5.41) is 2.65. The van der Waals surface area contributed by atoms with Gasteiger partial charge in [0.15, 0.2) is 0 Å². The van der Waals surface area contributed by atoms with Crippen molar-refractivity contribution >= 4 is 17.7 Å². The summed E-state index contributed by atoms with van der Waals surface area (Å²) in [7, 11) is 0. The van der Waals surface area contributed by atoms with Gasteiger partial charge in [0.1, 0.15) is 24.0 Å². The molecule has 2 aromatic carbocycles. The van der Waals surface area contributed by atoms with Crippen molar-refractivity contribution in [3.8, 4) is 5.75 Å². The molecule has 2 amide bonds. The highest BCUT2D eigenvalue weighted by atomic mass is 16.6. The molecule has 3 rings (SSSR count). The van der Waals surface area contributed by atoms with Gasteiger partial charge in [0.05, 0.1) is 12.2 Å². The van der Waals surface area contributed by atoms with Gasteiger partial charge in [0.25, 0.3) is 5.91 Å². The highest BCUT2D eigenvalue weighted by molar-refractivity contribution is 6.00. The number of benzene rings is 2. The van der Waals surface area contributed by atoms with Crippen molar-refractivity contribution in [1.82, 2.24) is 5.32 Å². The van der Waals surface area contributed by atoms with E-state index in [-0.39, 0.29) is 12.5 Å². The van der Waals surface area contributed by atoms with E-state index in [1.165, 1.54) is 0 Å². The van der Waals surface area contributed by atoms with Gasteiger partial charge in [0, 0.05) is 0 Å². The summed E-state index contributed by atoms with van der Waals surface area (Å²) in [5.41, 5.74) is 2.18. The Kier molecular flexibility index (Phi) is 5.58. The molecule has 2 aromatic rings. The second-order valence-electron chi connectivity index (χ2n) is 7.89. The Morgan fingerprint density at radius 2 is 1.86 bits per heavy atom. The van der Waals surface area contributed by atoms with Crippen molar-refractivity contribution < 1.29 is 19.1 Å². The summed E-state index contributed by atoms with van der Waals surface area (Å²) in [6.07, 6.45) is -0.643. The monoisotopic (exact) mass is 382 g/mol. The number of aryl methyl sites for hydroxylation is 1. The molecule has 0 aromatic heterocycles. The van der Waals surface area contributed by atoms with Crippen LogP contribution in [0.25, 0.3) is 0 Å². The maximum atomic E-state index is 13.3. The van der Waals surface area contributed by atoms with Crippen molar-refractivity contribution in [2.75, 3.05) is 11.5 Å². The minimum atomic E-state index is -0.840. The van der Waals surface area contributed by atoms with Crippen LogP contribution in [0, 0.1) is 6.92 Å². The zero-order chi connectivity index (χ0) is 20.3. The van der Waals surface area contributed by atoms with Gasteiger partial charge in [-0.15, -0.1) is 0 Å². The third-order valence-corrected chi connectivity index (χ3v) is 4.28. The minimum Gasteiger partial charge on any atom is -0.489 e. The third-order valence-electron chi connectivity index (χ3n) is 4.28. The van der Waals surface area contributed by atoms with Gasteiger partial charge >= 0.3 is 6.09 Å². The first-order valence-electron chi connectivity index (χ1n) is 9.31. The zero-order valence-electron chi connectivity index (χ0n) is 16.7. The Morgan fingerprint density at radius 1 is 1.18 bits per heavy atom. The van der Waals surface area contributed by atoms with Crippen LogP contribution in [0.2, 0.25) is 0 Å². The summed E-state index contributed by atoms with van der Waals surface area (Å²) in [6.45, 7) is 7.77. The zero-order valence-corrected chi connectivity index (χ0v) is 16.7. The van der Waals surface area contributed by atoms with Crippen LogP contribution in [0.4, 0.5) is 10.5 Å². The first kappa shape index (κ1) is 19.7. The van der Waals surface area contributed by atoms with Crippen LogP contribution in [0.15, 0.2) is 48.5 Å². The van der Waals surface area contributed by atoms with E-state index in [0.29, 0.717) is 18.0 Å². The number of nitrogens with one attached hydrogen (secondary N) is 1. The molecule has 6 nitrogen and oxygen atoms in total. The fraction of sp³-hybridized carbons (Fsp3) is 0.364. The Bertz CT molecular complexity index is 856. The van der Waals surface area contributed by atoms with E-state index < -0.39 is 17.7 Å². The van der Waals surface area contributed by atoms with E-state index in [1.807, 2.05) is 55.5 Å². The standard InChI is InChI=1S/C22H26N2O4/c1-15-9-11-16(12-10-15)13-24-18-7-5-6-8-19(18)27-14-17(20(24)25)23-21(26)28-22(2,3)4/h5-12,17H,13-14H2,1-4H3,(H,23,26)/t17-/m0/s1. The lowest BCUT2D eigenvalue weighted by Crippen LogP contribution is -2.51. The Hall–Kier alpha value is -3.02. The lowest BCUT2D eigenvalue weighted by molar-refractivity contribution is -0.121. The first-order valence-corrected chi connectivity index (χ1v) is 9.31. The summed E-state index contributed by atoms with van der Waals surface area (Å²) in [6, 6.07) is 14.5. The van der Waals surface area contributed by atoms with Crippen LogP contribution < -0.4 is 15.0 Å². The van der Waals surface area contributed by atoms with Crippen molar-refractivity contribution in [2.24, 2.45) is 0 Å². The van der Waals surface area contributed by atoms with E-state index in [9.17, 15) is 9.59 Å². The molecule has 0 fully saturated rings. The van der Waals surface area contributed by atoms with E-state index in [0.717, 1.165) is 11.1 Å². The first-order chi connectivity index (χ1) is 13.2. The van der Waals surface area contributed by atoms with Crippen molar-refractivity contribution in [3.63, 3.8) is 0 Å². The summed E-state index contributed by atoms with van der Waals surface area (Å²) >= 11 is 0. The number of hydrogen-bond acceptors (Lipinski definition) is 4. The normalized spacial score (nSPS) is 16.6. The number of alkyl carbamates (subject to hydrolysis) is 1. The summed E-state index contributed by atoms with van der Waals surface area (Å²) < 4.78 is 11.1. The Labute approximate surface area is 165 Å². The van der Waals surface area contributed by atoms with Crippen molar-refractivity contribution in [3.05, 3.63) is 59.7 Å². The maximum Gasteiger partial charge on any atom is 0.408 e. The minimum absolute atomic E-state index is 0.0412. The summed E-state index contributed by atoms with van der Waals surface area (Å²) in [5.74, 6) is 0.368. The maximum absolute atomic E-state index is 13.3. The molecule has 0 aliphatic carbocycles. The highest BCUT2D eigenvalue weighted by Crippen LogP contribution is 2.32. The topological polar surface area (TPSA) is 67.9 Å². The SMILES string of the molecule is Cc1ccc(CN2C(=O)[C@@H](NC(=O)OC(C)(C)C)COc3ccccc32)cc1. The fourth-order valence-corrected chi connectivity index (χ4v) is 2.95. The van der Waals surface area contributed by atoms with E-state index in [4.69, 9.17) is 9.47 Å². The molecule has 0 radical (unpaired) electrons. The molecule has 0 spiro atoms. The van der Waals surface area contributed by atoms with Gasteiger partial charge in [-0.25, -0.2) is 4.79 Å². The molecule has 0 bridgehead atoms. The van der Waals surface area contributed by atoms with Gasteiger partial charge in [0.2, 0.25) is 0 Å². The van der Waals surface area contributed by atoms with Gasteiger partial charge in [-0.1, -0.05) is 42.0 Å². The molecule has 148 valence electrons. The number of nitrogens with zero attached hydrogens (tertiary/aromatic N) is 1. The predicted octanol–water partition coefficient (Wildman–Crippen LogP) is 3.81. The molecule has 0 unspecified atom stereocenters. The predicted molar refractivity (Wildman–Crippen MR) is 107 cm³/mol. The molecule has 1 aliphatic heterocycles. The molecule has 1 atom stereocenters. The average molecular weight is 382 g/mol. The Balaban J connectivity index is 1.86. The highest BCUT2D eigenvalue weighted by Gasteiger charge is 2.33. The molecule has 1 heterocycles. The number of rotatable bonds is 3. The molecular formula is C22H26N2O4. The number of hydrogen-bond donors (Lipinski definition) is 1. The molecule has 28 heavy (non-hydrogen) atoms. The second kappa shape index (κ2) is 7.92. The van der Waals surface area contributed by atoms with Gasteiger partial charge in [-0.05, 0) is 45.4 Å². The average Bonchev–Trinajstić information content (AvgIpc) is 2.74. The van der Waals surface area contributed by atoms with E-state index in [2.05, 4.69) is 5.32 Å². The molecule has 1 aliphatic rings. The largest absolute Gasteiger partial charge is 0.489 e. The van der Waals surface area contributed by atoms with Crippen LogP contribution >= 0.6 is 0 Å². The lowest BCUT2D eigenvalue weighted by atomic mass is 10.1. The van der Waals surface area contributed by atoms with Crippen LogP contribution in [0.3, 0.4) is 0 Å². The third kappa shape index (κ3) is 4.82. The molecule has 0 saturated carbocycles. The molecular weight excluding hydrogens is 356 g/mol. The number of ether oxygens (including phenoxy) is 2. The smallest absolute Gasteiger partial charge is 0.408 e. The quantitative estimate of drug-likeness (QED) is 0.876. The van der Waals surface area contributed by atoms with E-state index in [1.54, 1.807) is 25.7 Å². The number of fused-ring (bicyclic) bond motifs is 1. The Morgan fingerprint density at radius 3 is 2.54 bits per heavy atom.